The summed E-state index contributed by atoms with van der Waals surface area (Å²) < 4.78 is 0. The molecular weight excluding hydrogens is 232 g/mol. The smallest absolute Gasteiger partial charge is 0.253 e. The minimum Gasteiger partial charge on any atom is -0.398 e. The van der Waals surface area contributed by atoms with Crippen LogP contribution in [0.5, 0.6) is 0 Å². The van der Waals surface area contributed by atoms with Gasteiger partial charge in [0.15, 0.2) is 0 Å². The monoisotopic (exact) mass is 244 g/mol. The van der Waals surface area contributed by atoms with Crippen LogP contribution >= 0.6 is 11.6 Å². The van der Waals surface area contributed by atoms with Gasteiger partial charge in [-0.05, 0) is 18.2 Å². The molecule has 0 aliphatic heterocycles. The predicted molar refractivity (Wildman–Crippen MR) is 61.3 cm³/mol. The van der Waals surface area contributed by atoms with Gasteiger partial charge in [-0.1, -0.05) is 11.6 Å². The van der Waals surface area contributed by atoms with E-state index in [4.69, 9.17) is 27.5 Å². The number of rotatable bonds is 4. The lowest BCUT2D eigenvalue weighted by molar-refractivity contribution is 0.0880. The molecule has 0 aliphatic carbocycles. The Bertz CT molecular complexity index is 380. The van der Waals surface area contributed by atoms with E-state index in [1.807, 2.05) is 0 Å². The van der Waals surface area contributed by atoms with E-state index in [2.05, 4.69) is 5.32 Å². The highest BCUT2D eigenvalue weighted by atomic mass is 35.5. The lowest BCUT2D eigenvalue weighted by Gasteiger charge is -2.14. The molecule has 5 N–H and O–H groups in total. The van der Waals surface area contributed by atoms with Crippen LogP contribution in [0, 0.1) is 0 Å². The van der Waals surface area contributed by atoms with Crippen LogP contribution < -0.4 is 11.1 Å². The number of hydrogen-bond donors (Lipinski definition) is 4. The Hall–Kier alpha value is -1.30. The number of aliphatic hydroxyl groups excluding tert-OH is 2. The summed E-state index contributed by atoms with van der Waals surface area (Å²) in [7, 11) is 0. The molecule has 0 fully saturated rings. The Morgan fingerprint density at radius 3 is 2.62 bits per heavy atom. The number of nitrogens with two attached hydrogens (primary N) is 1. The maximum absolute atomic E-state index is 11.7. The Morgan fingerprint density at radius 2 is 2.06 bits per heavy atom. The molecule has 0 aliphatic rings. The second-order valence-electron chi connectivity index (χ2n) is 3.27. The summed E-state index contributed by atoms with van der Waals surface area (Å²) in [6.07, 6.45) is 0. The van der Waals surface area contributed by atoms with E-state index >= 15 is 0 Å². The normalized spacial score (nSPS) is 10.5. The van der Waals surface area contributed by atoms with E-state index in [1.165, 1.54) is 12.1 Å². The predicted octanol–water partition coefficient (Wildman–Crippen LogP) is 0.00520. The molecule has 0 radical (unpaired) electrons. The Labute approximate surface area is 97.8 Å². The highest BCUT2D eigenvalue weighted by Gasteiger charge is 2.14. The van der Waals surface area contributed by atoms with Gasteiger partial charge in [-0.25, -0.2) is 0 Å². The second kappa shape index (κ2) is 5.69. The minimum absolute atomic E-state index is 0.222. The van der Waals surface area contributed by atoms with Crippen LogP contribution in [0.15, 0.2) is 18.2 Å². The van der Waals surface area contributed by atoms with Crippen LogP contribution in [0.2, 0.25) is 5.02 Å². The minimum atomic E-state index is -0.703. The van der Waals surface area contributed by atoms with E-state index in [1.54, 1.807) is 6.07 Å². The third kappa shape index (κ3) is 3.10. The van der Waals surface area contributed by atoms with Crippen molar-refractivity contribution in [3.63, 3.8) is 0 Å². The largest absolute Gasteiger partial charge is 0.398 e. The van der Waals surface area contributed by atoms with Gasteiger partial charge in [0.05, 0.1) is 24.8 Å². The number of nitrogens with one attached hydrogen (secondary N) is 1. The first-order valence-corrected chi connectivity index (χ1v) is 5.04. The van der Waals surface area contributed by atoms with E-state index < -0.39 is 11.9 Å². The number of hydrogen-bond acceptors (Lipinski definition) is 4. The summed E-state index contributed by atoms with van der Waals surface area (Å²) in [6, 6.07) is 3.82. The van der Waals surface area contributed by atoms with Gasteiger partial charge < -0.3 is 21.3 Å². The number of anilines is 1. The first-order valence-electron chi connectivity index (χ1n) is 4.66. The summed E-state index contributed by atoms with van der Waals surface area (Å²) >= 11 is 5.73. The van der Waals surface area contributed by atoms with Crippen molar-refractivity contribution < 1.29 is 15.0 Å². The number of carbonyl (C=O) groups is 1. The van der Waals surface area contributed by atoms with Crippen molar-refractivity contribution in [1.82, 2.24) is 5.32 Å². The number of aliphatic hydroxyl groups is 2. The Balaban J connectivity index is 2.83. The molecule has 1 amide bonds. The standard InChI is InChI=1S/C10H13ClN2O3/c11-6-1-2-9(12)8(3-6)10(16)13-7(4-14)5-15/h1-3,7,14-15H,4-5,12H2,(H,13,16). The first kappa shape index (κ1) is 12.8. The highest BCUT2D eigenvalue weighted by Crippen LogP contribution is 2.17. The zero-order chi connectivity index (χ0) is 12.1. The molecule has 0 bridgehead atoms. The van der Waals surface area contributed by atoms with Crippen molar-refractivity contribution in [3.05, 3.63) is 28.8 Å². The van der Waals surface area contributed by atoms with Crippen LogP contribution in [-0.4, -0.2) is 35.4 Å². The molecule has 0 aromatic heterocycles. The van der Waals surface area contributed by atoms with Crippen molar-refractivity contribution in [2.24, 2.45) is 0 Å². The summed E-state index contributed by atoms with van der Waals surface area (Å²) in [6.45, 7) is -0.689. The zero-order valence-corrected chi connectivity index (χ0v) is 9.24. The molecule has 1 rings (SSSR count). The molecule has 0 unspecified atom stereocenters. The van der Waals surface area contributed by atoms with Crippen molar-refractivity contribution >= 4 is 23.2 Å². The van der Waals surface area contributed by atoms with Crippen molar-refractivity contribution in [2.45, 2.75) is 6.04 Å². The summed E-state index contributed by atoms with van der Waals surface area (Å²) in [4.78, 5) is 11.7. The number of halogens is 1. The number of benzene rings is 1. The van der Waals surface area contributed by atoms with Gasteiger partial charge in [0.25, 0.3) is 5.91 Å². The lowest BCUT2D eigenvalue weighted by Crippen LogP contribution is -2.40. The average molecular weight is 245 g/mol. The Kier molecular flexibility index (Phi) is 4.54. The molecule has 1 aromatic rings. The molecule has 0 saturated heterocycles. The van der Waals surface area contributed by atoms with E-state index in [0.717, 1.165) is 0 Å². The fourth-order valence-electron chi connectivity index (χ4n) is 1.14. The maximum Gasteiger partial charge on any atom is 0.253 e. The highest BCUT2D eigenvalue weighted by molar-refractivity contribution is 6.31. The van der Waals surface area contributed by atoms with Crippen LogP contribution in [0.1, 0.15) is 10.4 Å². The van der Waals surface area contributed by atoms with E-state index in [9.17, 15) is 4.79 Å². The van der Waals surface area contributed by atoms with Crippen LogP contribution in [0.25, 0.3) is 0 Å². The molecule has 0 atom stereocenters. The lowest BCUT2D eigenvalue weighted by atomic mass is 10.1. The zero-order valence-electron chi connectivity index (χ0n) is 8.48. The van der Waals surface area contributed by atoms with E-state index in [-0.39, 0.29) is 24.5 Å². The second-order valence-corrected chi connectivity index (χ2v) is 3.70. The number of nitrogen functional groups attached to an aromatic ring is 1. The molecule has 0 spiro atoms. The molecule has 88 valence electrons. The van der Waals surface area contributed by atoms with Crippen LogP contribution in [-0.2, 0) is 0 Å². The molecule has 1 aromatic carbocycles. The van der Waals surface area contributed by atoms with Crippen molar-refractivity contribution in [2.75, 3.05) is 18.9 Å². The summed E-state index contributed by atoms with van der Waals surface area (Å²) in [5.74, 6) is -0.479. The fourth-order valence-corrected chi connectivity index (χ4v) is 1.31. The third-order valence-electron chi connectivity index (χ3n) is 2.04. The van der Waals surface area contributed by atoms with Gasteiger partial charge in [-0.15, -0.1) is 0 Å². The average Bonchev–Trinajstić information content (AvgIpc) is 2.28. The van der Waals surface area contributed by atoms with Crippen LogP contribution in [0.4, 0.5) is 5.69 Å². The molecule has 5 nitrogen and oxygen atoms in total. The van der Waals surface area contributed by atoms with Gasteiger partial charge in [0.1, 0.15) is 0 Å². The maximum atomic E-state index is 11.7. The van der Waals surface area contributed by atoms with Gasteiger partial charge in [0, 0.05) is 10.7 Å². The molecule has 16 heavy (non-hydrogen) atoms. The third-order valence-corrected chi connectivity index (χ3v) is 2.27. The van der Waals surface area contributed by atoms with Crippen molar-refractivity contribution in [1.29, 1.82) is 0 Å². The molecule has 0 saturated carbocycles. The quantitative estimate of drug-likeness (QED) is 0.561. The molecule has 6 heteroatoms. The molecule has 0 heterocycles. The summed E-state index contributed by atoms with van der Waals surface area (Å²) in [5, 5.41) is 20.4. The SMILES string of the molecule is Nc1ccc(Cl)cc1C(=O)NC(CO)CO. The van der Waals surface area contributed by atoms with Crippen molar-refractivity contribution in [3.8, 4) is 0 Å². The number of amides is 1. The number of carbonyl (C=O) groups excluding carboxylic acids is 1. The first-order chi connectivity index (χ1) is 7.58. The van der Waals surface area contributed by atoms with Gasteiger partial charge in [0.2, 0.25) is 0 Å². The van der Waals surface area contributed by atoms with Crippen LogP contribution in [0.3, 0.4) is 0 Å². The fraction of sp³-hybridized carbons (Fsp3) is 0.300. The van der Waals surface area contributed by atoms with E-state index in [0.29, 0.717) is 5.02 Å². The summed E-state index contributed by atoms with van der Waals surface area (Å²) in [5.41, 5.74) is 6.11. The Morgan fingerprint density at radius 1 is 1.44 bits per heavy atom. The topological polar surface area (TPSA) is 95.6 Å². The van der Waals surface area contributed by atoms with Gasteiger partial charge in [-0.2, -0.15) is 0 Å². The van der Waals surface area contributed by atoms with Gasteiger partial charge in [-0.3, -0.25) is 4.79 Å². The van der Waals surface area contributed by atoms with Gasteiger partial charge >= 0.3 is 0 Å². The molecular formula is C10H13ClN2O3.